The summed E-state index contributed by atoms with van der Waals surface area (Å²) in [4.78, 5) is 51.2. The zero-order valence-electron chi connectivity index (χ0n) is 25.0. The number of ether oxygens (including phenoxy) is 2. The van der Waals surface area contributed by atoms with E-state index in [1.807, 2.05) is 48.5 Å². The highest BCUT2D eigenvalue weighted by atomic mass is 32.2. The van der Waals surface area contributed by atoms with Crippen molar-refractivity contribution >= 4 is 35.5 Å². The lowest BCUT2D eigenvalue weighted by Crippen LogP contribution is -2.57. The van der Waals surface area contributed by atoms with E-state index in [-0.39, 0.29) is 18.2 Å². The van der Waals surface area contributed by atoms with Crippen LogP contribution in [0.25, 0.3) is 0 Å². The number of carbonyl (C=O) groups excluding carboxylic acids is 3. The number of nitrogens with one attached hydrogen (secondary N) is 1. The fourth-order valence-electron chi connectivity index (χ4n) is 5.66. The van der Waals surface area contributed by atoms with Crippen molar-refractivity contribution in [1.82, 2.24) is 10.2 Å². The van der Waals surface area contributed by atoms with E-state index in [1.54, 1.807) is 18.9 Å². The number of fused-ring (bicyclic) bond motifs is 1. The van der Waals surface area contributed by atoms with Crippen molar-refractivity contribution in [2.45, 2.75) is 61.7 Å². The lowest BCUT2D eigenvalue weighted by atomic mass is 9.76. The highest BCUT2D eigenvalue weighted by Crippen LogP contribution is 2.50. The van der Waals surface area contributed by atoms with Gasteiger partial charge >= 0.3 is 18.1 Å². The lowest BCUT2D eigenvalue weighted by Gasteiger charge is -2.32. The van der Waals surface area contributed by atoms with Gasteiger partial charge in [0.1, 0.15) is 11.3 Å². The fraction of sp³-hybridized carbons (Fsp3) is 0.484. The molecule has 0 saturated carbocycles. The first-order chi connectivity index (χ1) is 20.8. The van der Waals surface area contributed by atoms with Gasteiger partial charge in [0.2, 0.25) is 11.8 Å². The maximum absolute atomic E-state index is 13.4. The Hall–Kier alpha value is -3.58. The second kappa shape index (κ2) is 14.9. The quantitative estimate of drug-likeness (QED) is 0.151. The Labute approximate surface area is 258 Å². The third kappa shape index (κ3) is 7.55. The Bertz CT molecular complexity index is 1340. The number of likely N-dealkylation sites (tertiary alicyclic amines) is 1. The molecule has 2 aliphatic rings. The van der Waals surface area contributed by atoms with Gasteiger partial charge in [-0.1, -0.05) is 62.6 Å². The summed E-state index contributed by atoms with van der Waals surface area (Å²) in [5, 5.41) is 10.6. The standard InChI is InChI=1S/C29H36N2O5S.C2HF3O2/c1-5-6-7-11-16-37-22-15-14-20(17-21(22)35-3)25-23-24(27(33)31(2)26(23)32)29(30-25,28(34)36-4)18-19-12-9-8-10-13-19;3-2(4,5)1(6)7/h8-10,12-15,17,23-25,30H,5-7,11,16,18H2,1-4H3;(H,6,7)/t23-,24-,25-,29-;/m1./s1. The van der Waals surface area contributed by atoms with E-state index in [4.69, 9.17) is 19.4 Å². The van der Waals surface area contributed by atoms with Crippen molar-refractivity contribution in [1.29, 1.82) is 0 Å². The van der Waals surface area contributed by atoms with Crippen molar-refractivity contribution in [3.63, 3.8) is 0 Å². The number of halogens is 3. The number of hydrogen-bond acceptors (Lipinski definition) is 8. The number of carboxylic acid groups (broad SMARTS) is 1. The van der Waals surface area contributed by atoms with E-state index >= 15 is 0 Å². The molecule has 2 aliphatic heterocycles. The summed E-state index contributed by atoms with van der Waals surface area (Å²) in [6.45, 7) is 2.20. The Balaban J connectivity index is 0.000000676. The molecule has 4 rings (SSSR count). The predicted molar refractivity (Wildman–Crippen MR) is 157 cm³/mol. The van der Waals surface area contributed by atoms with E-state index in [1.165, 1.54) is 33.4 Å². The summed E-state index contributed by atoms with van der Waals surface area (Å²) in [7, 11) is 4.44. The third-order valence-electron chi connectivity index (χ3n) is 7.79. The molecule has 13 heteroatoms. The zero-order chi connectivity index (χ0) is 32.7. The van der Waals surface area contributed by atoms with Crippen molar-refractivity contribution < 1.29 is 46.9 Å². The number of unbranched alkanes of at least 4 members (excludes halogenated alkanes) is 3. The smallest absolute Gasteiger partial charge is 0.490 e. The van der Waals surface area contributed by atoms with Gasteiger partial charge in [0.25, 0.3) is 0 Å². The minimum Gasteiger partial charge on any atom is -0.496 e. The van der Waals surface area contributed by atoms with E-state index < -0.39 is 41.5 Å². The second-order valence-electron chi connectivity index (χ2n) is 10.6. The summed E-state index contributed by atoms with van der Waals surface area (Å²) in [5.41, 5.74) is 0.308. The molecule has 2 aromatic carbocycles. The predicted octanol–water partition coefficient (Wildman–Crippen LogP) is 5.03. The van der Waals surface area contributed by atoms with Gasteiger partial charge in [0.05, 0.1) is 26.1 Å². The molecule has 240 valence electrons. The van der Waals surface area contributed by atoms with Gasteiger partial charge in [-0.2, -0.15) is 13.2 Å². The number of alkyl halides is 3. The molecule has 2 fully saturated rings. The van der Waals surface area contributed by atoms with E-state index in [9.17, 15) is 27.6 Å². The number of thioether (sulfide) groups is 1. The van der Waals surface area contributed by atoms with E-state index in [0.717, 1.165) is 38.8 Å². The van der Waals surface area contributed by atoms with Gasteiger partial charge in [-0.05, 0) is 35.4 Å². The number of benzene rings is 2. The number of methoxy groups -OCH3 is 2. The Kier molecular flexibility index (Phi) is 11.8. The normalized spacial score (nSPS) is 22.7. The number of esters is 1. The van der Waals surface area contributed by atoms with Crippen molar-refractivity contribution in [2.24, 2.45) is 11.8 Å². The van der Waals surface area contributed by atoms with Gasteiger partial charge in [-0.3, -0.25) is 24.6 Å². The average Bonchev–Trinajstić information content (AvgIpc) is 3.46. The van der Waals surface area contributed by atoms with Crippen LogP contribution in [0.1, 0.15) is 49.8 Å². The number of hydrogen-bond donors (Lipinski definition) is 2. The van der Waals surface area contributed by atoms with Gasteiger partial charge in [-0.25, -0.2) is 4.79 Å². The molecular formula is C31H37F3N2O7S. The topological polar surface area (TPSA) is 122 Å². The van der Waals surface area contributed by atoms with Crippen LogP contribution in [-0.4, -0.2) is 72.5 Å². The minimum absolute atomic E-state index is 0.230. The van der Waals surface area contributed by atoms with Crippen LogP contribution < -0.4 is 10.1 Å². The largest absolute Gasteiger partial charge is 0.496 e. The van der Waals surface area contributed by atoms with Gasteiger partial charge < -0.3 is 14.6 Å². The highest BCUT2D eigenvalue weighted by molar-refractivity contribution is 7.99. The summed E-state index contributed by atoms with van der Waals surface area (Å²) in [6, 6.07) is 14.9. The molecule has 0 aliphatic carbocycles. The molecule has 0 aromatic heterocycles. The van der Waals surface area contributed by atoms with Crippen molar-refractivity contribution in [2.75, 3.05) is 27.0 Å². The molecule has 0 radical (unpaired) electrons. The van der Waals surface area contributed by atoms with Crippen LogP contribution in [0, 0.1) is 11.8 Å². The molecule has 2 saturated heterocycles. The van der Waals surface area contributed by atoms with Gasteiger partial charge in [0, 0.05) is 24.4 Å². The Morgan fingerprint density at radius 1 is 1.05 bits per heavy atom. The number of nitrogens with zero attached hydrogens (tertiary/aromatic N) is 1. The summed E-state index contributed by atoms with van der Waals surface area (Å²) in [5.74, 6) is -3.83. The van der Waals surface area contributed by atoms with Gasteiger partial charge in [-0.15, -0.1) is 11.8 Å². The second-order valence-corrected chi connectivity index (χ2v) is 11.7. The molecule has 0 bridgehead atoms. The molecule has 0 spiro atoms. The third-order valence-corrected chi connectivity index (χ3v) is 8.94. The highest BCUT2D eigenvalue weighted by Gasteiger charge is 2.68. The summed E-state index contributed by atoms with van der Waals surface area (Å²) >= 11 is 1.76. The molecule has 0 unspecified atom stereocenters. The number of rotatable bonds is 11. The van der Waals surface area contributed by atoms with Gasteiger partial charge in [0.15, 0.2) is 0 Å². The van der Waals surface area contributed by atoms with Crippen molar-refractivity contribution in [3.8, 4) is 5.75 Å². The van der Waals surface area contributed by atoms with E-state index in [2.05, 4.69) is 12.2 Å². The number of aliphatic carboxylic acids is 1. The lowest BCUT2D eigenvalue weighted by molar-refractivity contribution is -0.192. The summed E-state index contributed by atoms with van der Waals surface area (Å²) < 4.78 is 42.7. The minimum atomic E-state index is -5.08. The number of imide groups is 1. The number of carboxylic acids is 1. The molecular weight excluding hydrogens is 601 g/mol. The van der Waals surface area contributed by atoms with Crippen LogP contribution in [0.3, 0.4) is 0 Å². The molecule has 2 heterocycles. The first-order valence-corrected chi connectivity index (χ1v) is 15.1. The zero-order valence-corrected chi connectivity index (χ0v) is 25.8. The fourth-order valence-corrected chi connectivity index (χ4v) is 6.68. The number of amides is 2. The summed E-state index contributed by atoms with van der Waals surface area (Å²) in [6.07, 6.45) is -0.0689. The molecule has 2 aromatic rings. The van der Waals surface area contributed by atoms with Crippen LogP contribution in [0.4, 0.5) is 13.2 Å². The Morgan fingerprint density at radius 3 is 2.27 bits per heavy atom. The average molecular weight is 639 g/mol. The maximum Gasteiger partial charge on any atom is 0.490 e. The monoisotopic (exact) mass is 638 g/mol. The first-order valence-electron chi connectivity index (χ1n) is 14.1. The molecule has 9 nitrogen and oxygen atoms in total. The van der Waals surface area contributed by atoms with Crippen LogP contribution in [0.5, 0.6) is 5.75 Å². The maximum atomic E-state index is 13.4. The molecule has 44 heavy (non-hydrogen) atoms. The van der Waals surface area contributed by atoms with E-state index in [0.29, 0.717) is 0 Å². The number of carbonyl (C=O) groups is 4. The molecule has 2 N–H and O–H groups in total. The van der Waals surface area contributed by atoms with Crippen LogP contribution >= 0.6 is 11.8 Å². The van der Waals surface area contributed by atoms with Crippen LogP contribution in [0.2, 0.25) is 0 Å². The molecule has 4 atom stereocenters. The van der Waals surface area contributed by atoms with Crippen LogP contribution in [0.15, 0.2) is 53.4 Å². The SMILES string of the molecule is CCCCCCSc1ccc([C@H]2N[C@@](Cc3ccccc3)(C(=O)OC)[C@H]3C(=O)N(C)C(=O)[C@@H]23)cc1OC.O=C(O)C(F)(F)F. The van der Waals surface area contributed by atoms with Crippen LogP contribution in [-0.2, 0) is 30.3 Å². The van der Waals surface area contributed by atoms with Crippen molar-refractivity contribution in [3.05, 3.63) is 59.7 Å². The first kappa shape index (κ1) is 34.9. The Morgan fingerprint density at radius 2 is 1.70 bits per heavy atom. The molecule has 2 amide bonds.